The summed E-state index contributed by atoms with van der Waals surface area (Å²) in [4.78, 5) is 41.8. The molecule has 11 heteroatoms. The average Bonchev–Trinajstić information content (AvgIpc) is 3.66. The number of hydrogen-bond donors (Lipinski definition) is 1. The molecule has 0 aromatic heterocycles. The summed E-state index contributed by atoms with van der Waals surface area (Å²) >= 11 is 0. The minimum atomic E-state index is -0.461. The molecule has 11 nitrogen and oxygen atoms in total. The third-order valence-corrected chi connectivity index (χ3v) is 9.40. The molecule has 1 unspecified atom stereocenters. The van der Waals surface area contributed by atoms with Crippen LogP contribution >= 0.6 is 0 Å². The molecule has 4 aliphatic heterocycles. The van der Waals surface area contributed by atoms with Crippen LogP contribution in [0.5, 0.6) is 5.75 Å². The van der Waals surface area contributed by atoms with Crippen LogP contribution in [0.2, 0.25) is 0 Å². The number of carbonyl (C=O) groups is 3. The zero-order chi connectivity index (χ0) is 34.0. The van der Waals surface area contributed by atoms with Gasteiger partial charge in [-0.3, -0.25) is 9.69 Å². The first kappa shape index (κ1) is 34.4. The van der Waals surface area contributed by atoms with Gasteiger partial charge in [0.1, 0.15) is 25.1 Å². The fourth-order valence-electron chi connectivity index (χ4n) is 6.62. The number of rotatable bonds is 14. The molecule has 4 heterocycles. The number of alkyl carbamates (subject to hydrolysis) is 1. The molecule has 4 aliphatic rings. The van der Waals surface area contributed by atoms with E-state index in [2.05, 4.69) is 10.2 Å². The molecule has 3 aromatic carbocycles. The molecule has 0 saturated carbocycles. The fourth-order valence-corrected chi connectivity index (χ4v) is 6.62. The van der Waals surface area contributed by atoms with Crippen molar-refractivity contribution in [3.8, 4) is 5.75 Å². The summed E-state index contributed by atoms with van der Waals surface area (Å²) in [6, 6.07) is 24.1. The van der Waals surface area contributed by atoms with E-state index in [0.717, 1.165) is 49.2 Å². The molecule has 49 heavy (non-hydrogen) atoms. The van der Waals surface area contributed by atoms with E-state index >= 15 is 0 Å². The van der Waals surface area contributed by atoms with Crippen molar-refractivity contribution >= 4 is 18.0 Å². The molecule has 2 bridgehead atoms. The number of esters is 1. The van der Waals surface area contributed by atoms with Gasteiger partial charge in [0.2, 0.25) is 5.91 Å². The van der Waals surface area contributed by atoms with Gasteiger partial charge in [-0.2, -0.15) is 0 Å². The average molecular weight is 672 g/mol. The second-order valence-corrected chi connectivity index (χ2v) is 12.7. The molecule has 4 fully saturated rings. The highest BCUT2D eigenvalue weighted by molar-refractivity contribution is 5.89. The van der Waals surface area contributed by atoms with Crippen molar-refractivity contribution in [2.24, 2.45) is 5.92 Å². The van der Waals surface area contributed by atoms with Gasteiger partial charge >= 0.3 is 12.1 Å². The molecule has 1 N–H and O–H groups in total. The Morgan fingerprint density at radius 2 is 1.65 bits per heavy atom. The van der Waals surface area contributed by atoms with E-state index < -0.39 is 18.1 Å². The fraction of sp³-hybridized carbons (Fsp3) is 0.447. The van der Waals surface area contributed by atoms with Crippen molar-refractivity contribution in [3.63, 3.8) is 0 Å². The van der Waals surface area contributed by atoms with Crippen LogP contribution in [0.25, 0.3) is 0 Å². The number of nitrogens with one attached hydrogen (secondary N) is 1. The van der Waals surface area contributed by atoms with Gasteiger partial charge in [-0.15, -0.1) is 0 Å². The number of amides is 2. The lowest BCUT2D eigenvalue weighted by atomic mass is 9.86. The molecule has 0 aliphatic carbocycles. The Morgan fingerprint density at radius 1 is 0.918 bits per heavy atom. The van der Waals surface area contributed by atoms with Gasteiger partial charge in [0.05, 0.1) is 31.4 Å². The van der Waals surface area contributed by atoms with Crippen LogP contribution in [0.3, 0.4) is 0 Å². The van der Waals surface area contributed by atoms with E-state index in [4.69, 9.17) is 23.7 Å². The van der Waals surface area contributed by atoms with Crippen LogP contribution in [0.4, 0.5) is 4.79 Å². The smallest absolute Gasteiger partial charge is 0.408 e. The Balaban J connectivity index is 1.00. The van der Waals surface area contributed by atoms with E-state index in [1.165, 1.54) is 6.92 Å². The Kier molecular flexibility index (Phi) is 11.8. The maximum Gasteiger partial charge on any atom is 0.408 e. The maximum atomic E-state index is 13.2. The zero-order valence-electron chi connectivity index (χ0n) is 28.0. The number of fused-ring (bicyclic) bond motifs is 3. The normalized spacial score (nSPS) is 20.7. The number of nitrogens with zero attached hydrogens (tertiary/aromatic N) is 2. The second-order valence-electron chi connectivity index (χ2n) is 12.7. The minimum Gasteiger partial charge on any atom is -0.489 e. The summed E-state index contributed by atoms with van der Waals surface area (Å²) in [6.45, 7) is 6.70. The molecule has 4 saturated heterocycles. The van der Waals surface area contributed by atoms with Gasteiger partial charge < -0.3 is 33.9 Å². The molecule has 0 spiro atoms. The monoisotopic (exact) mass is 671 g/mol. The largest absolute Gasteiger partial charge is 0.489 e. The lowest BCUT2D eigenvalue weighted by Crippen LogP contribution is -2.52. The molecule has 7 rings (SSSR count). The lowest BCUT2D eigenvalue weighted by molar-refractivity contribution is -0.130. The van der Waals surface area contributed by atoms with Crippen LogP contribution < -0.4 is 10.1 Å². The van der Waals surface area contributed by atoms with Gasteiger partial charge in [-0.1, -0.05) is 54.6 Å². The molecule has 260 valence electrons. The number of benzene rings is 3. The number of hydrogen-bond acceptors (Lipinski definition) is 9. The van der Waals surface area contributed by atoms with Crippen LogP contribution in [0, 0.1) is 5.92 Å². The topological polar surface area (TPSA) is 116 Å². The van der Waals surface area contributed by atoms with Crippen molar-refractivity contribution in [3.05, 3.63) is 101 Å². The Hall–Kier alpha value is -4.45. The van der Waals surface area contributed by atoms with Gasteiger partial charge in [0.15, 0.2) is 6.29 Å². The molecule has 2 amide bonds. The first-order valence-corrected chi connectivity index (χ1v) is 17.1. The quantitative estimate of drug-likeness (QED) is 0.238. The number of piperidine rings is 3. The van der Waals surface area contributed by atoms with E-state index in [-0.39, 0.29) is 31.5 Å². The molecule has 2 atom stereocenters. The highest BCUT2D eigenvalue weighted by Gasteiger charge is 2.37. The van der Waals surface area contributed by atoms with Crippen molar-refractivity contribution in [1.29, 1.82) is 0 Å². The van der Waals surface area contributed by atoms with E-state index in [9.17, 15) is 14.4 Å². The SMILES string of the molecule is CC(=O)N(CCOC(=O)c1ccc(COc2cccc(C(NC(=O)O[C@H]3CN4CCC3CC4)c3ccccc3)c2)cc1)CCC1OCCO1. The predicted octanol–water partition coefficient (Wildman–Crippen LogP) is 4.94. The summed E-state index contributed by atoms with van der Waals surface area (Å²) in [6.07, 6.45) is 1.91. The van der Waals surface area contributed by atoms with E-state index in [1.807, 2.05) is 66.7 Å². The highest BCUT2D eigenvalue weighted by Crippen LogP contribution is 2.31. The van der Waals surface area contributed by atoms with Gasteiger partial charge in [-0.05, 0) is 72.8 Å². The number of ether oxygens (including phenoxy) is 5. The summed E-state index contributed by atoms with van der Waals surface area (Å²) < 4.78 is 28.4. The third-order valence-electron chi connectivity index (χ3n) is 9.40. The Morgan fingerprint density at radius 3 is 2.35 bits per heavy atom. The van der Waals surface area contributed by atoms with E-state index in [1.54, 1.807) is 17.0 Å². The van der Waals surface area contributed by atoms with Crippen LogP contribution in [0.1, 0.15) is 59.3 Å². The van der Waals surface area contributed by atoms with Crippen LogP contribution in [-0.2, 0) is 30.3 Å². The highest BCUT2D eigenvalue weighted by atomic mass is 16.7. The summed E-state index contributed by atoms with van der Waals surface area (Å²) in [5.74, 6) is 0.514. The Labute approximate surface area is 287 Å². The predicted molar refractivity (Wildman–Crippen MR) is 181 cm³/mol. The number of carbonyl (C=O) groups excluding carboxylic acids is 3. The minimum absolute atomic E-state index is 0.0817. The molecular weight excluding hydrogens is 626 g/mol. The first-order valence-electron chi connectivity index (χ1n) is 17.1. The molecular formula is C38H45N3O8. The van der Waals surface area contributed by atoms with Gasteiger partial charge in [0.25, 0.3) is 0 Å². The summed E-state index contributed by atoms with van der Waals surface area (Å²) in [5.41, 5.74) is 3.10. The molecule has 3 aromatic rings. The van der Waals surface area contributed by atoms with Crippen molar-refractivity contribution < 1.29 is 38.1 Å². The summed E-state index contributed by atoms with van der Waals surface area (Å²) in [5, 5.41) is 3.11. The van der Waals surface area contributed by atoms with Crippen molar-refractivity contribution in [2.75, 3.05) is 52.5 Å². The first-order chi connectivity index (χ1) is 23.9. The lowest BCUT2D eigenvalue weighted by Gasteiger charge is -2.43. The van der Waals surface area contributed by atoms with Crippen molar-refractivity contribution in [2.45, 2.75) is 51.2 Å². The zero-order valence-corrected chi connectivity index (χ0v) is 28.0. The summed E-state index contributed by atoms with van der Waals surface area (Å²) in [7, 11) is 0. The standard InChI is InChI=1S/C38H45N3O8/c1-27(42)41(19-16-35-45-22-23-46-35)20-21-47-37(43)31-12-10-28(11-13-31)26-48-33-9-5-8-32(24-33)36(30-6-3-2-4-7-30)39-38(44)49-34-25-40-17-14-29(34)15-18-40/h2-13,24,29,34-36H,14-23,25-26H2,1H3,(H,39,44)/t34-,36?/m0/s1. The third kappa shape index (κ3) is 9.59. The van der Waals surface area contributed by atoms with Gasteiger partial charge in [-0.25, -0.2) is 9.59 Å². The van der Waals surface area contributed by atoms with Gasteiger partial charge in [0, 0.05) is 26.4 Å². The Bertz CT molecular complexity index is 1540. The van der Waals surface area contributed by atoms with Crippen molar-refractivity contribution in [1.82, 2.24) is 15.1 Å². The maximum absolute atomic E-state index is 13.2. The van der Waals surface area contributed by atoms with E-state index in [0.29, 0.717) is 50.0 Å². The second kappa shape index (κ2) is 16.8. The van der Waals surface area contributed by atoms with Crippen LogP contribution in [-0.4, -0.2) is 92.7 Å². The molecule has 0 radical (unpaired) electrons. The van der Waals surface area contributed by atoms with Crippen LogP contribution in [0.15, 0.2) is 78.9 Å².